The van der Waals surface area contributed by atoms with Crippen LogP contribution in [0.1, 0.15) is 17.3 Å². The van der Waals surface area contributed by atoms with Crippen LogP contribution in [-0.2, 0) is 10.8 Å². The predicted octanol–water partition coefficient (Wildman–Crippen LogP) is 1.93. The van der Waals surface area contributed by atoms with Crippen LogP contribution >= 0.6 is 11.6 Å². The topological polar surface area (TPSA) is 95.5 Å². The number of amides is 2. The minimum absolute atomic E-state index is 0.0439. The van der Waals surface area contributed by atoms with Gasteiger partial charge in [-0.3, -0.25) is 4.21 Å². The van der Waals surface area contributed by atoms with Crippen LogP contribution in [0, 0.1) is 0 Å². The fourth-order valence-electron chi connectivity index (χ4n) is 1.43. The molecule has 20 heavy (non-hydrogen) atoms. The Hall–Kier alpha value is -1.60. The van der Waals surface area contributed by atoms with Gasteiger partial charge in [-0.15, -0.1) is 0 Å². The van der Waals surface area contributed by atoms with Gasteiger partial charge in [-0.2, -0.15) is 0 Å². The number of halogens is 1. The SMILES string of the molecule is CCS(=O)CCNC(=O)Nc1cccc(Cl)c1C(=O)O. The third kappa shape index (κ3) is 4.82. The minimum Gasteiger partial charge on any atom is -0.478 e. The van der Waals surface area contributed by atoms with Crippen LogP contribution in [0.4, 0.5) is 10.5 Å². The Bertz CT molecular complexity index is 536. The molecule has 1 aromatic rings. The second-order valence-electron chi connectivity index (χ2n) is 3.78. The standard InChI is InChI=1S/C12H15ClN2O4S/c1-2-20(19)7-6-14-12(18)15-9-5-3-4-8(13)10(9)11(16)17/h3-5H,2,6-7H2,1H3,(H,16,17)(H2,14,15,18). The molecule has 0 aliphatic rings. The van der Waals surface area contributed by atoms with Gasteiger partial charge < -0.3 is 15.7 Å². The maximum absolute atomic E-state index is 11.6. The summed E-state index contributed by atoms with van der Waals surface area (Å²) in [5.41, 5.74) is -0.0550. The van der Waals surface area contributed by atoms with E-state index in [4.69, 9.17) is 16.7 Å². The van der Waals surface area contributed by atoms with E-state index in [0.29, 0.717) is 11.5 Å². The summed E-state index contributed by atoms with van der Waals surface area (Å²) in [4.78, 5) is 22.7. The molecule has 0 saturated heterocycles. The van der Waals surface area contributed by atoms with Gasteiger partial charge in [-0.25, -0.2) is 9.59 Å². The largest absolute Gasteiger partial charge is 0.478 e. The van der Waals surface area contributed by atoms with Crippen molar-refractivity contribution in [1.29, 1.82) is 0 Å². The number of nitrogens with one attached hydrogen (secondary N) is 2. The van der Waals surface area contributed by atoms with E-state index in [0.717, 1.165) is 0 Å². The normalized spacial score (nSPS) is 11.7. The Labute approximate surface area is 124 Å². The molecule has 0 heterocycles. The third-order valence-electron chi connectivity index (χ3n) is 2.41. The van der Waals surface area contributed by atoms with Crippen molar-refractivity contribution in [2.24, 2.45) is 0 Å². The van der Waals surface area contributed by atoms with Crippen molar-refractivity contribution < 1.29 is 18.9 Å². The van der Waals surface area contributed by atoms with Crippen LogP contribution in [0.25, 0.3) is 0 Å². The van der Waals surface area contributed by atoms with E-state index in [2.05, 4.69) is 10.6 Å². The molecule has 1 atom stereocenters. The molecule has 0 aromatic heterocycles. The Kier molecular flexibility index (Phi) is 6.47. The second kappa shape index (κ2) is 7.86. The van der Waals surface area contributed by atoms with Crippen LogP contribution in [0.5, 0.6) is 0 Å². The van der Waals surface area contributed by atoms with Gasteiger partial charge >= 0.3 is 12.0 Å². The molecule has 2 amide bonds. The summed E-state index contributed by atoms with van der Waals surface area (Å²) in [5, 5.41) is 14.0. The van der Waals surface area contributed by atoms with Crippen LogP contribution in [-0.4, -0.2) is 39.4 Å². The molecule has 0 radical (unpaired) electrons. The molecule has 8 heteroatoms. The van der Waals surface area contributed by atoms with Crippen molar-refractivity contribution in [2.45, 2.75) is 6.92 Å². The number of carbonyl (C=O) groups excluding carboxylic acids is 1. The fraction of sp³-hybridized carbons (Fsp3) is 0.333. The number of carboxylic acid groups (broad SMARTS) is 1. The van der Waals surface area contributed by atoms with Crippen molar-refractivity contribution in [3.63, 3.8) is 0 Å². The highest BCUT2D eigenvalue weighted by atomic mass is 35.5. The number of aromatic carboxylic acids is 1. The highest BCUT2D eigenvalue weighted by Crippen LogP contribution is 2.24. The number of hydrogen-bond donors (Lipinski definition) is 3. The van der Waals surface area contributed by atoms with E-state index in [1.54, 1.807) is 6.92 Å². The lowest BCUT2D eigenvalue weighted by atomic mass is 10.2. The molecule has 0 aliphatic carbocycles. The lowest BCUT2D eigenvalue weighted by Gasteiger charge is -2.10. The fourth-order valence-corrected chi connectivity index (χ4v) is 2.31. The average molecular weight is 319 g/mol. The van der Waals surface area contributed by atoms with Gasteiger partial charge in [0.1, 0.15) is 5.56 Å². The molecule has 6 nitrogen and oxygen atoms in total. The van der Waals surface area contributed by atoms with Gasteiger partial charge in [0.15, 0.2) is 0 Å². The first-order valence-electron chi connectivity index (χ1n) is 5.87. The monoisotopic (exact) mass is 318 g/mol. The summed E-state index contributed by atoms with van der Waals surface area (Å²) < 4.78 is 11.2. The summed E-state index contributed by atoms with van der Waals surface area (Å²) >= 11 is 5.78. The summed E-state index contributed by atoms with van der Waals surface area (Å²) in [5.74, 6) is -0.343. The number of anilines is 1. The van der Waals surface area contributed by atoms with E-state index in [1.807, 2.05) is 0 Å². The third-order valence-corrected chi connectivity index (χ3v) is 4.03. The molecule has 0 saturated carbocycles. The van der Waals surface area contributed by atoms with Gasteiger partial charge in [0, 0.05) is 28.9 Å². The zero-order valence-corrected chi connectivity index (χ0v) is 12.4. The Balaban J connectivity index is 2.65. The number of urea groups is 1. The minimum atomic E-state index is -1.22. The van der Waals surface area contributed by atoms with E-state index >= 15 is 0 Å². The maximum Gasteiger partial charge on any atom is 0.339 e. The molecular weight excluding hydrogens is 304 g/mol. The van der Waals surface area contributed by atoms with Crippen LogP contribution in [0.2, 0.25) is 5.02 Å². The molecule has 1 rings (SSSR count). The Morgan fingerprint density at radius 3 is 2.70 bits per heavy atom. The van der Waals surface area contributed by atoms with Crippen molar-refractivity contribution in [2.75, 3.05) is 23.4 Å². The summed E-state index contributed by atoms with van der Waals surface area (Å²) in [7, 11) is -0.963. The molecule has 0 spiro atoms. The van der Waals surface area contributed by atoms with Crippen LogP contribution in [0.15, 0.2) is 18.2 Å². The van der Waals surface area contributed by atoms with Crippen molar-refractivity contribution in [3.8, 4) is 0 Å². The van der Waals surface area contributed by atoms with Gasteiger partial charge in [-0.1, -0.05) is 24.6 Å². The number of benzene rings is 1. The lowest BCUT2D eigenvalue weighted by Crippen LogP contribution is -2.32. The van der Waals surface area contributed by atoms with Gasteiger partial charge in [-0.05, 0) is 12.1 Å². The average Bonchev–Trinajstić information content (AvgIpc) is 2.38. The maximum atomic E-state index is 11.6. The van der Waals surface area contributed by atoms with Gasteiger partial charge in [0.2, 0.25) is 0 Å². The van der Waals surface area contributed by atoms with Gasteiger partial charge in [0.05, 0.1) is 10.7 Å². The molecule has 110 valence electrons. The smallest absolute Gasteiger partial charge is 0.339 e. The lowest BCUT2D eigenvalue weighted by molar-refractivity contribution is 0.0698. The molecule has 1 aromatic carbocycles. The van der Waals surface area contributed by atoms with E-state index in [-0.39, 0.29) is 22.8 Å². The van der Waals surface area contributed by atoms with E-state index in [9.17, 15) is 13.8 Å². The van der Waals surface area contributed by atoms with E-state index in [1.165, 1.54) is 18.2 Å². The van der Waals surface area contributed by atoms with Crippen LogP contribution in [0.3, 0.4) is 0 Å². The van der Waals surface area contributed by atoms with Crippen LogP contribution < -0.4 is 10.6 Å². The predicted molar refractivity (Wildman–Crippen MR) is 79.0 cm³/mol. The highest BCUT2D eigenvalue weighted by molar-refractivity contribution is 7.84. The number of carboxylic acids is 1. The summed E-state index contributed by atoms with van der Waals surface area (Å²) in [6, 6.07) is 3.84. The molecular formula is C12H15ClN2O4S. The van der Waals surface area contributed by atoms with Crippen molar-refractivity contribution in [1.82, 2.24) is 5.32 Å². The van der Waals surface area contributed by atoms with Crippen molar-refractivity contribution in [3.05, 3.63) is 28.8 Å². The first kappa shape index (κ1) is 16.5. The molecule has 0 aliphatic heterocycles. The molecule has 1 unspecified atom stereocenters. The Morgan fingerprint density at radius 2 is 2.10 bits per heavy atom. The Morgan fingerprint density at radius 1 is 1.40 bits per heavy atom. The molecule has 3 N–H and O–H groups in total. The zero-order chi connectivity index (χ0) is 15.1. The van der Waals surface area contributed by atoms with Gasteiger partial charge in [0.25, 0.3) is 0 Å². The van der Waals surface area contributed by atoms with Crippen molar-refractivity contribution >= 4 is 40.1 Å². The zero-order valence-electron chi connectivity index (χ0n) is 10.8. The quantitative estimate of drug-likeness (QED) is 0.746. The first-order valence-corrected chi connectivity index (χ1v) is 7.74. The van der Waals surface area contributed by atoms with E-state index < -0.39 is 22.8 Å². The highest BCUT2D eigenvalue weighted by Gasteiger charge is 2.15. The first-order chi connectivity index (χ1) is 9.45. The molecule has 0 fully saturated rings. The number of carbonyl (C=O) groups is 2. The summed E-state index contributed by atoms with van der Waals surface area (Å²) in [6.07, 6.45) is 0. The molecule has 0 bridgehead atoms. The second-order valence-corrected chi connectivity index (χ2v) is 6.05. The number of rotatable bonds is 6. The number of hydrogen-bond acceptors (Lipinski definition) is 3. The summed E-state index contributed by atoms with van der Waals surface area (Å²) in [6.45, 7) is 2.04.